The van der Waals surface area contributed by atoms with Gasteiger partial charge >= 0.3 is 42.6 Å². The topological polar surface area (TPSA) is 368 Å². The molecule has 8 heterocycles. The number of ether oxygens (including phenoxy) is 2. The lowest BCUT2D eigenvalue weighted by Gasteiger charge is -2.23. The van der Waals surface area contributed by atoms with Gasteiger partial charge < -0.3 is 20.5 Å². The fourth-order valence-electron chi connectivity index (χ4n) is 7.13. The molecule has 0 spiro atoms. The highest BCUT2D eigenvalue weighted by Gasteiger charge is 2.32. The number of carbonyl (C=O) groups is 9. The van der Waals surface area contributed by atoms with E-state index in [1.165, 1.54) is 134 Å². The van der Waals surface area contributed by atoms with E-state index in [-0.39, 0.29) is 57.5 Å². The van der Waals surface area contributed by atoms with Crippen molar-refractivity contribution < 1.29 is 86.7 Å². The number of hydrogen-bond acceptors (Lipinski definition) is 23. The first kappa shape index (κ1) is 86.3. The average molecular weight is 1870 g/mol. The standard InChI is InChI=1S/C16H13BrFN3O3S2.C10H9BrN2O3S2.C9H7BrN2O3S2.C9H7BrO4S.C7H8FN.C6H5BrOS.C4H6O3/c1-9-7-10(3-4-11(9)18)19-16(22)13-8-12(14-5-6-15(17)25-14)20-26(23,24)21(13)2;1-6(14)8-5-7(9-3-4-10(11)17-9)12-18(15,16)13(8)2;1-5(13)6-4-7(12-17(14,15)11-6)8-2-3-9(10)16-8;1-14-9(13)6(12)4-5(11)7-2-3-8(10)15-7;1-5-4-6(9)2-3-7(5)8;1-4(8)5-2-3-6(7)9-5;1-3(5)4(6)7-2/h3-8H,1-2H3,(H,19,22);3-5H,1-2H3;2-4,12H,1H3;2-3H,4H2,1H3;2-4H,9H2,1H3;2-3H,1H3;1-2H3. The van der Waals surface area contributed by atoms with Crippen molar-refractivity contribution in [1.29, 1.82) is 0 Å². The number of likely N-dealkylation sites (N-methyl/N-ethyl adjacent to an activating group) is 2. The Morgan fingerprint density at radius 2 is 0.970 bits per heavy atom. The molecule has 1 amide bonds. The van der Waals surface area contributed by atoms with E-state index in [1.54, 1.807) is 81.4 Å². The highest BCUT2D eigenvalue weighted by molar-refractivity contribution is 9.12. The Labute approximate surface area is 640 Å². The van der Waals surface area contributed by atoms with Gasteiger partial charge in [-0.1, -0.05) is 0 Å². The second kappa shape index (κ2) is 39.0. The van der Waals surface area contributed by atoms with Gasteiger partial charge in [-0.05, 0) is 227 Å². The monoisotopic (exact) mass is 1860 g/mol. The minimum absolute atomic E-state index is 0.0664. The summed E-state index contributed by atoms with van der Waals surface area (Å²) in [5.74, 6) is -5.35. The number of benzene rings is 2. The molecule has 0 saturated carbocycles. The summed E-state index contributed by atoms with van der Waals surface area (Å²) in [6, 6.07) is 26.2. The van der Waals surface area contributed by atoms with E-state index in [0.717, 1.165) is 46.5 Å². The minimum atomic E-state index is -4.03. The van der Waals surface area contributed by atoms with Gasteiger partial charge in [0.05, 0.1) is 86.8 Å². The summed E-state index contributed by atoms with van der Waals surface area (Å²) in [6.07, 6.45) is 3.88. The van der Waals surface area contributed by atoms with Crippen LogP contribution >= 0.6 is 136 Å². The number of carbonyl (C=O) groups excluding carboxylic acids is 9. The smallest absolute Gasteiger partial charge is 0.374 e. The van der Waals surface area contributed by atoms with Gasteiger partial charge in [-0.3, -0.25) is 42.6 Å². The molecule has 3 aliphatic heterocycles. The summed E-state index contributed by atoms with van der Waals surface area (Å²) in [5.41, 5.74) is 8.09. The van der Waals surface area contributed by atoms with Crippen molar-refractivity contribution in [2.45, 2.75) is 48.0 Å². The number of amides is 1. The molecule has 25 nitrogen and oxygen atoms in total. The van der Waals surface area contributed by atoms with Crippen LogP contribution in [-0.4, -0.2) is 132 Å². The second-order valence-corrected chi connectivity index (χ2v) is 36.6. The SMILES string of the molecule is CC(=O)C1=CC(c2ccc(Br)s2)=NS(=O)(=O)N1C.CC(=O)C1=NS(=O)(=O)NC(c2ccc(Br)s2)=C1.CC(=O)c1ccc(Br)s1.COC(=O)C(=O)CC(=O)c1ccc(Br)s1.COC(=O)C(C)=O.Cc1cc(N)ccc1F.Cc1cc(NC(=O)C2=CC(c3ccc(Br)s3)=NS(=O)(=O)N2C)ccc1F. The molecule has 10 rings (SSSR count). The van der Waals surface area contributed by atoms with Crippen LogP contribution in [0, 0.1) is 25.5 Å². The van der Waals surface area contributed by atoms with Gasteiger partial charge in [-0.15, -0.1) is 69.9 Å². The maximum atomic E-state index is 13.4. The van der Waals surface area contributed by atoms with E-state index in [0.29, 0.717) is 47.7 Å². The van der Waals surface area contributed by atoms with Crippen LogP contribution in [-0.2, 0) is 73.7 Å². The zero-order chi connectivity index (χ0) is 76.2. The molecule has 101 heavy (non-hydrogen) atoms. The number of nitrogens with one attached hydrogen (secondary N) is 2. The number of Topliss-reactive ketones (excluding diaryl/α,β-unsaturated/α-hetero) is 6. The van der Waals surface area contributed by atoms with Gasteiger partial charge in [0.2, 0.25) is 11.6 Å². The molecule has 0 atom stereocenters. The summed E-state index contributed by atoms with van der Waals surface area (Å²) < 4.78 is 124. The number of methoxy groups -OCH3 is 2. The quantitative estimate of drug-likeness (QED) is 0.0317. The molecule has 4 N–H and O–H groups in total. The lowest BCUT2D eigenvalue weighted by molar-refractivity contribution is -0.151. The van der Waals surface area contributed by atoms with Gasteiger partial charge in [0.1, 0.15) is 23.0 Å². The minimum Gasteiger partial charge on any atom is -0.463 e. The first-order valence-electron chi connectivity index (χ1n) is 27.6. The molecule has 0 bridgehead atoms. The molecule has 0 unspecified atom stereocenters. The van der Waals surface area contributed by atoms with Crippen LogP contribution in [0.5, 0.6) is 0 Å². The van der Waals surface area contributed by atoms with Crippen molar-refractivity contribution >= 4 is 254 Å². The Balaban J connectivity index is 0.000000260. The second-order valence-electron chi connectivity index (χ2n) is 19.7. The van der Waals surface area contributed by atoms with E-state index >= 15 is 0 Å². The van der Waals surface area contributed by atoms with Crippen LogP contribution < -0.4 is 15.8 Å². The normalized spacial score (nSPS) is 14.1. The maximum Gasteiger partial charge on any atom is 0.374 e. The number of ketones is 6. The summed E-state index contributed by atoms with van der Waals surface area (Å²) in [5, 5.41) is 2.58. The molecule has 0 radical (unpaired) electrons. The van der Waals surface area contributed by atoms with Crippen molar-refractivity contribution in [2.24, 2.45) is 13.2 Å². The van der Waals surface area contributed by atoms with Crippen LogP contribution in [0.2, 0.25) is 0 Å². The number of rotatable bonds is 13. The fourth-order valence-corrected chi connectivity index (χ4v) is 16.8. The third-order valence-corrected chi connectivity index (χ3v) is 24.0. The van der Waals surface area contributed by atoms with Crippen LogP contribution in [0.1, 0.15) is 79.2 Å². The van der Waals surface area contributed by atoms with E-state index < -0.39 is 72.3 Å². The lowest BCUT2D eigenvalue weighted by atomic mass is 10.2. The largest absolute Gasteiger partial charge is 0.463 e. The lowest BCUT2D eigenvalue weighted by Crippen LogP contribution is -2.35. The first-order valence-corrected chi connectivity index (χ1v) is 39.8. The number of anilines is 2. The molecular formula is C61H55Br5F2N8O17S8. The molecule has 40 heteroatoms. The molecule has 3 aliphatic rings. The zero-order valence-corrected chi connectivity index (χ0v) is 68.3. The predicted octanol–water partition coefficient (Wildman–Crippen LogP) is 13.2. The van der Waals surface area contributed by atoms with Crippen LogP contribution in [0.15, 0.2) is 159 Å². The van der Waals surface area contributed by atoms with Crippen LogP contribution in [0.4, 0.5) is 20.2 Å². The van der Waals surface area contributed by atoms with Gasteiger partial charge in [0, 0.05) is 46.2 Å². The van der Waals surface area contributed by atoms with Gasteiger partial charge in [-0.25, -0.2) is 22.7 Å². The third-order valence-electron chi connectivity index (χ3n) is 12.1. The number of allylic oxidation sites excluding steroid dienone is 4. The number of nitrogens with two attached hydrogens (primary N) is 1. The molecular weight excluding hydrogens is 1810 g/mol. The van der Waals surface area contributed by atoms with Crippen molar-refractivity contribution in [2.75, 3.05) is 39.4 Å². The Hall–Kier alpha value is -7.09. The van der Waals surface area contributed by atoms with Gasteiger partial charge in [-0.2, -0.15) is 25.3 Å². The molecule has 2 aromatic carbocycles. The summed E-state index contributed by atoms with van der Waals surface area (Å²) in [7, 11) is -6.83. The molecule has 0 fully saturated rings. The number of esters is 2. The Morgan fingerprint density at radius 1 is 0.535 bits per heavy atom. The van der Waals surface area contributed by atoms with Gasteiger partial charge in [0.25, 0.3) is 5.91 Å². The van der Waals surface area contributed by atoms with Crippen LogP contribution in [0.3, 0.4) is 0 Å². The molecule has 5 aromatic heterocycles. The Kier molecular flexibility index (Phi) is 33.3. The number of thiophene rings is 5. The first-order chi connectivity index (χ1) is 47.0. The third kappa shape index (κ3) is 27.2. The van der Waals surface area contributed by atoms with E-state index in [4.69, 9.17) is 5.73 Å². The van der Waals surface area contributed by atoms with E-state index in [9.17, 15) is 77.2 Å². The highest BCUT2D eigenvalue weighted by Crippen LogP contribution is 2.32. The summed E-state index contributed by atoms with van der Waals surface area (Å²) in [6.45, 7) is 8.58. The predicted molar refractivity (Wildman–Crippen MR) is 406 cm³/mol. The fraction of sp³-hybridized carbons (Fsp3) is 0.180. The zero-order valence-electron chi connectivity index (χ0n) is 53.8. The molecule has 538 valence electrons. The summed E-state index contributed by atoms with van der Waals surface area (Å²) in [4.78, 5) is 102. The van der Waals surface area contributed by atoms with Crippen molar-refractivity contribution in [3.8, 4) is 0 Å². The highest BCUT2D eigenvalue weighted by atomic mass is 79.9. The van der Waals surface area contributed by atoms with Crippen molar-refractivity contribution in [3.05, 3.63) is 193 Å². The van der Waals surface area contributed by atoms with Crippen molar-refractivity contribution in [3.63, 3.8) is 0 Å². The number of nitrogens with zero attached hydrogens (tertiary/aromatic N) is 5. The number of hydrogen-bond donors (Lipinski definition) is 3. The molecule has 7 aromatic rings. The number of halogens is 7. The average Bonchev–Trinajstić information content (AvgIpc) is 1.69. The molecule has 0 aliphatic carbocycles. The molecule has 0 saturated heterocycles. The number of nitrogen functional groups attached to an aromatic ring is 1. The van der Waals surface area contributed by atoms with Gasteiger partial charge in [0.15, 0.2) is 23.1 Å². The summed E-state index contributed by atoms with van der Waals surface area (Å²) >= 11 is 23.1. The van der Waals surface area contributed by atoms with E-state index in [1.807, 2.05) is 12.1 Å². The number of aryl methyl sites for hydroxylation is 2. The van der Waals surface area contributed by atoms with E-state index in [2.05, 4.69) is 112 Å². The maximum absolute atomic E-state index is 13.4. The van der Waals surface area contributed by atoms with Crippen LogP contribution in [0.25, 0.3) is 5.70 Å². The Bertz CT molecular complexity index is 4920. The Morgan fingerprint density at radius 3 is 1.35 bits per heavy atom. The van der Waals surface area contributed by atoms with Crippen molar-refractivity contribution in [1.82, 2.24) is 13.3 Å².